The second-order valence-electron chi connectivity index (χ2n) is 6.52. The van der Waals surface area contributed by atoms with Gasteiger partial charge in [0.15, 0.2) is 0 Å². The highest BCUT2D eigenvalue weighted by atomic mass is 32.2. The average molecular weight is 388 g/mol. The van der Waals surface area contributed by atoms with Gasteiger partial charge in [0.25, 0.3) is 0 Å². The van der Waals surface area contributed by atoms with Crippen LogP contribution in [0.5, 0.6) is 0 Å². The van der Waals surface area contributed by atoms with Crippen molar-refractivity contribution in [3.05, 3.63) is 64.9 Å². The predicted molar refractivity (Wildman–Crippen MR) is 105 cm³/mol. The zero-order chi connectivity index (χ0) is 18.0. The third-order valence-electron chi connectivity index (χ3n) is 4.70. The van der Waals surface area contributed by atoms with Crippen LogP contribution in [0.4, 0.5) is 0 Å². The van der Waals surface area contributed by atoms with E-state index < -0.39 is 10.0 Å². The fourth-order valence-electron chi connectivity index (χ4n) is 3.32. The van der Waals surface area contributed by atoms with Crippen molar-refractivity contribution < 1.29 is 13.2 Å². The van der Waals surface area contributed by atoms with Gasteiger partial charge >= 0.3 is 0 Å². The molecule has 26 heavy (non-hydrogen) atoms. The molecule has 1 fully saturated rings. The Bertz CT molecular complexity index is 977. The van der Waals surface area contributed by atoms with Crippen molar-refractivity contribution in [1.82, 2.24) is 4.31 Å². The number of benzene rings is 2. The molecule has 2 aromatic carbocycles. The van der Waals surface area contributed by atoms with E-state index in [9.17, 15) is 8.42 Å². The Balaban J connectivity index is 1.68. The van der Waals surface area contributed by atoms with Gasteiger partial charge in [-0.1, -0.05) is 36.4 Å². The summed E-state index contributed by atoms with van der Waals surface area (Å²) in [6.45, 7) is 1.49. The summed E-state index contributed by atoms with van der Waals surface area (Å²) in [6.07, 6.45) is 1.88. The number of nitrogens with zero attached hydrogens (tertiary/aromatic N) is 1. The minimum atomic E-state index is -3.60. The van der Waals surface area contributed by atoms with Gasteiger partial charge in [-0.05, 0) is 47.2 Å². The smallest absolute Gasteiger partial charge is 0.243 e. The number of thiophene rings is 1. The van der Waals surface area contributed by atoms with E-state index in [2.05, 4.69) is 0 Å². The van der Waals surface area contributed by atoms with Crippen molar-refractivity contribution >= 4 is 32.1 Å². The maximum absolute atomic E-state index is 13.4. The van der Waals surface area contributed by atoms with E-state index in [-0.39, 0.29) is 6.10 Å². The molecule has 1 unspecified atom stereocenters. The summed E-state index contributed by atoms with van der Waals surface area (Å²) in [4.78, 5) is 1.37. The molecule has 0 spiro atoms. The van der Waals surface area contributed by atoms with Crippen molar-refractivity contribution in [2.24, 2.45) is 0 Å². The molecule has 0 radical (unpaired) electrons. The summed E-state index contributed by atoms with van der Waals surface area (Å²) >= 11 is 1.58. The highest BCUT2D eigenvalue weighted by Crippen LogP contribution is 2.26. The lowest BCUT2D eigenvalue weighted by molar-refractivity contribution is 0.0927. The normalized spacial score (nSPS) is 18.0. The van der Waals surface area contributed by atoms with Crippen LogP contribution in [0, 0.1) is 0 Å². The molecule has 1 aliphatic heterocycles. The van der Waals surface area contributed by atoms with Crippen LogP contribution in [0.15, 0.2) is 64.9 Å². The summed E-state index contributed by atoms with van der Waals surface area (Å²) < 4.78 is 34.0. The van der Waals surface area contributed by atoms with Gasteiger partial charge in [-0.25, -0.2) is 8.42 Å². The quantitative estimate of drug-likeness (QED) is 0.634. The van der Waals surface area contributed by atoms with Gasteiger partial charge < -0.3 is 4.74 Å². The first-order valence-electron chi connectivity index (χ1n) is 8.76. The molecule has 1 atom stereocenters. The van der Waals surface area contributed by atoms with E-state index in [0.717, 1.165) is 28.5 Å². The van der Waals surface area contributed by atoms with Crippen molar-refractivity contribution in [3.63, 3.8) is 0 Å². The number of ether oxygens (including phenoxy) is 1. The van der Waals surface area contributed by atoms with E-state index in [1.807, 2.05) is 47.8 Å². The lowest BCUT2D eigenvalue weighted by Crippen LogP contribution is -2.36. The first-order valence-corrected chi connectivity index (χ1v) is 11.1. The van der Waals surface area contributed by atoms with Gasteiger partial charge in [0.1, 0.15) is 0 Å². The summed E-state index contributed by atoms with van der Waals surface area (Å²) in [6, 6.07) is 17.1. The van der Waals surface area contributed by atoms with Crippen molar-refractivity contribution in [2.45, 2.75) is 30.4 Å². The Morgan fingerprint density at radius 1 is 1.08 bits per heavy atom. The first kappa shape index (κ1) is 17.7. The van der Waals surface area contributed by atoms with Gasteiger partial charge in [0.05, 0.1) is 11.0 Å². The van der Waals surface area contributed by atoms with Gasteiger partial charge in [-0.2, -0.15) is 4.31 Å². The number of fused-ring (bicyclic) bond motifs is 1. The Kier molecular flexibility index (Phi) is 5.09. The standard InChI is InChI=1S/C20H21NO3S2/c22-26(23,20-10-9-16-5-1-2-6-17(16)13-20)21(14-18-7-3-11-24-18)15-19-8-4-12-25-19/h1-2,4-6,8-10,12-13,18H,3,7,11,14-15H2. The predicted octanol–water partition coefficient (Wildman–Crippen LogP) is 4.27. The highest BCUT2D eigenvalue weighted by Gasteiger charge is 2.29. The molecule has 1 aromatic heterocycles. The zero-order valence-corrected chi connectivity index (χ0v) is 16.0. The Labute approximate surface area is 158 Å². The maximum atomic E-state index is 13.4. The van der Waals surface area contributed by atoms with Gasteiger partial charge in [0.2, 0.25) is 10.0 Å². The van der Waals surface area contributed by atoms with Crippen molar-refractivity contribution in [2.75, 3.05) is 13.2 Å². The van der Waals surface area contributed by atoms with Crippen LogP contribution in [-0.4, -0.2) is 32.0 Å². The number of hydrogen-bond acceptors (Lipinski definition) is 4. The maximum Gasteiger partial charge on any atom is 0.243 e. The van der Waals surface area contributed by atoms with Gasteiger partial charge in [-0.3, -0.25) is 0 Å². The number of sulfonamides is 1. The van der Waals surface area contributed by atoms with Crippen LogP contribution < -0.4 is 0 Å². The first-order chi connectivity index (χ1) is 12.6. The molecule has 1 saturated heterocycles. The molecule has 2 heterocycles. The largest absolute Gasteiger partial charge is 0.377 e. The Hall–Kier alpha value is -1.73. The molecule has 0 saturated carbocycles. The van der Waals surface area contributed by atoms with Crippen LogP contribution in [0.1, 0.15) is 17.7 Å². The van der Waals surface area contributed by atoms with E-state index in [0.29, 0.717) is 24.6 Å². The summed E-state index contributed by atoms with van der Waals surface area (Å²) in [5, 5.41) is 3.94. The van der Waals surface area contributed by atoms with E-state index in [1.54, 1.807) is 27.8 Å². The van der Waals surface area contributed by atoms with Gasteiger partial charge in [0, 0.05) is 24.6 Å². The molecule has 6 heteroatoms. The van der Waals surface area contributed by atoms with E-state index in [4.69, 9.17) is 4.74 Å². The van der Waals surface area contributed by atoms with Crippen molar-refractivity contribution in [1.29, 1.82) is 0 Å². The highest BCUT2D eigenvalue weighted by molar-refractivity contribution is 7.89. The summed E-state index contributed by atoms with van der Waals surface area (Å²) in [5.41, 5.74) is 0. The molecule has 0 N–H and O–H groups in total. The lowest BCUT2D eigenvalue weighted by atomic mass is 10.1. The van der Waals surface area contributed by atoms with E-state index in [1.165, 1.54) is 0 Å². The fraction of sp³-hybridized carbons (Fsp3) is 0.300. The minimum Gasteiger partial charge on any atom is -0.377 e. The molecule has 0 bridgehead atoms. The molecule has 0 aliphatic carbocycles. The fourth-order valence-corrected chi connectivity index (χ4v) is 5.60. The third-order valence-corrected chi connectivity index (χ3v) is 7.37. The number of rotatable bonds is 6. The molecule has 1 aliphatic rings. The van der Waals surface area contributed by atoms with Crippen LogP contribution in [0.3, 0.4) is 0 Å². The van der Waals surface area contributed by atoms with Gasteiger partial charge in [-0.15, -0.1) is 11.3 Å². The molecule has 3 aromatic rings. The van der Waals surface area contributed by atoms with E-state index >= 15 is 0 Å². The molecular formula is C20H21NO3S2. The monoisotopic (exact) mass is 387 g/mol. The third kappa shape index (κ3) is 3.69. The van der Waals surface area contributed by atoms with Crippen LogP contribution in [0.2, 0.25) is 0 Å². The topological polar surface area (TPSA) is 46.6 Å². The second kappa shape index (κ2) is 7.48. The second-order valence-corrected chi connectivity index (χ2v) is 9.49. The molecular weight excluding hydrogens is 366 g/mol. The Morgan fingerprint density at radius 3 is 2.65 bits per heavy atom. The molecule has 4 nitrogen and oxygen atoms in total. The lowest BCUT2D eigenvalue weighted by Gasteiger charge is -2.24. The average Bonchev–Trinajstić information content (AvgIpc) is 3.35. The minimum absolute atomic E-state index is 0.0230. The SMILES string of the molecule is O=S(=O)(c1ccc2ccccc2c1)N(Cc1cccs1)CC1CCCO1. The van der Waals surface area contributed by atoms with Crippen LogP contribution in [0.25, 0.3) is 10.8 Å². The molecule has 4 rings (SSSR count). The molecule has 0 amide bonds. The Morgan fingerprint density at radius 2 is 1.92 bits per heavy atom. The van der Waals surface area contributed by atoms with Crippen molar-refractivity contribution in [3.8, 4) is 0 Å². The van der Waals surface area contributed by atoms with Crippen LogP contribution >= 0.6 is 11.3 Å². The number of hydrogen-bond donors (Lipinski definition) is 0. The van der Waals surface area contributed by atoms with Crippen LogP contribution in [-0.2, 0) is 21.3 Å². The molecule has 136 valence electrons. The zero-order valence-electron chi connectivity index (χ0n) is 14.4. The summed E-state index contributed by atoms with van der Waals surface area (Å²) in [7, 11) is -3.60. The summed E-state index contributed by atoms with van der Waals surface area (Å²) in [5.74, 6) is 0.